The second-order valence-corrected chi connectivity index (χ2v) is 6.73. The monoisotopic (exact) mass is 268 g/mol. The van der Waals surface area contributed by atoms with Gasteiger partial charge in [0.25, 0.3) is 0 Å². The van der Waals surface area contributed by atoms with E-state index in [4.69, 9.17) is 0 Å². The van der Waals surface area contributed by atoms with Gasteiger partial charge in [-0.25, -0.2) is 0 Å². The summed E-state index contributed by atoms with van der Waals surface area (Å²) in [6.07, 6.45) is 9.19. The van der Waals surface area contributed by atoms with E-state index in [9.17, 15) is 0 Å². The highest BCUT2D eigenvalue weighted by atomic mass is 14.9. The van der Waals surface area contributed by atoms with Crippen LogP contribution in [-0.2, 0) is 6.54 Å². The number of nitrogens with one attached hydrogen (secondary N) is 1. The zero-order chi connectivity index (χ0) is 14.0. The van der Waals surface area contributed by atoms with Crippen LogP contribution < -0.4 is 5.32 Å². The molecule has 2 aromatic rings. The Morgan fingerprint density at radius 1 is 1.20 bits per heavy atom. The van der Waals surface area contributed by atoms with Crippen molar-refractivity contribution in [3.63, 3.8) is 0 Å². The fourth-order valence-electron chi connectivity index (χ4n) is 3.36. The Balaban J connectivity index is 1.70. The van der Waals surface area contributed by atoms with Gasteiger partial charge in [0.2, 0.25) is 0 Å². The summed E-state index contributed by atoms with van der Waals surface area (Å²) in [6.45, 7) is 5.76. The van der Waals surface area contributed by atoms with Crippen molar-refractivity contribution in [2.75, 3.05) is 0 Å². The third-order valence-corrected chi connectivity index (χ3v) is 4.76. The predicted octanol–water partition coefficient (Wildman–Crippen LogP) is 4.29. The third-order valence-electron chi connectivity index (χ3n) is 4.76. The van der Waals surface area contributed by atoms with E-state index >= 15 is 0 Å². The minimum atomic E-state index is 0.430. The van der Waals surface area contributed by atoms with Gasteiger partial charge in [0.1, 0.15) is 0 Å². The molecule has 3 rings (SSSR count). The Morgan fingerprint density at radius 2 is 2.10 bits per heavy atom. The van der Waals surface area contributed by atoms with Crippen LogP contribution in [0.1, 0.15) is 45.1 Å². The predicted molar refractivity (Wildman–Crippen MR) is 84.6 cm³/mol. The third kappa shape index (κ3) is 2.85. The lowest BCUT2D eigenvalue weighted by molar-refractivity contribution is 0.167. The molecule has 106 valence electrons. The van der Waals surface area contributed by atoms with Crippen molar-refractivity contribution in [3.05, 3.63) is 42.2 Å². The van der Waals surface area contributed by atoms with Crippen LogP contribution in [0.3, 0.4) is 0 Å². The van der Waals surface area contributed by atoms with Gasteiger partial charge in [0.15, 0.2) is 0 Å². The highest BCUT2D eigenvalue weighted by Gasteiger charge is 2.31. The number of rotatable bonds is 3. The average molecular weight is 268 g/mol. The van der Waals surface area contributed by atoms with Crippen LogP contribution in [-0.4, -0.2) is 11.0 Å². The van der Waals surface area contributed by atoms with Crippen LogP contribution in [0.5, 0.6) is 0 Å². The summed E-state index contributed by atoms with van der Waals surface area (Å²) in [5, 5.41) is 6.27. The van der Waals surface area contributed by atoms with Crippen molar-refractivity contribution >= 4 is 10.8 Å². The molecule has 0 spiro atoms. The maximum Gasteiger partial charge on any atom is 0.0346 e. The van der Waals surface area contributed by atoms with Gasteiger partial charge in [-0.05, 0) is 41.3 Å². The topological polar surface area (TPSA) is 24.9 Å². The number of fused-ring (bicyclic) bond motifs is 1. The van der Waals surface area contributed by atoms with Crippen molar-refractivity contribution in [1.29, 1.82) is 0 Å². The number of pyridine rings is 1. The van der Waals surface area contributed by atoms with Crippen molar-refractivity contribution in [2.45, 2.75) is 52.1 Å². The molecule has 1 aromatic carbocycles. The van der Waals surface area contributed by atoms with E-state index < -0.39 is 0 Å². The number of nitrogens with zero attached hydrogens (tertiary/aromatic N) is 1. The molecule has 1 N–H and O–H groups in total. The molecule has 0 aliphatic heterocycles. The fraction of sp³-hybridized carbons (Fsp3) is 0.500. The molecule has 2 nitrogen and oxygen atoms in total. The second kappa shape index (κ2) is 5.53. The van der Waals surface area contributed by atoms with Gasteiger partial charge in [-0.1, -0.05) is 38.8 Å². The van der Waals surface area contributed by atoms with Crippen LogP contribution in [0.2, 0.25) is 0 Å². The summed E-state index contributed by atoms with van der Waals surface area (Å²) < 4.78 is 0. The van der Waals surface area contributed by atoms with Crippen LogP contribution in [0.15, 0.2) is 36.7 Å². The number of aromatic nitrogens is 1. The first-order valence-electron chi connectivity index (χ1n) is 7.71. The molecule has 20 heavy (non-hydrogen) atoms. The maximum atomic E-state index is 4.17. The Kier molecular flexibility index (Phi) is 3.75. The van der Waals surface area contributed by atoms with Gasteiger partial charge < -0.3 is 5.32 Å². The molecular weight excluding hydrogens is 244 g/mol. The fourth-order valence-corrected chi connectivity index (χ4v) is 3.36. The highest BCUT2D eigenvalue weighted by molar-refractivity contribution is 5.81. The minimum Gasteiger partial charge on any atom is -0.309 e. The van der Waals surface area contributed by atoms with E-state index in [2.05, 4.69) is 48.4 Å². The highest BCUT2D eigenvalue weighted by Crippen LogP contribution is 2.35. The molecule has 1 saturated carbocycles. The first-order chi connectivity index (χ1) is 9.65. The quantitative estimate of drug-likeness (QED) is 0.898. The Hall–Kier alpha value is -1.41. The molecule has 0 amide bonds. The molecule has 1 fully saturated rings. The molecule has 1 atom stereocenters. The van der Waals surface area contributed by atoms with E-state index in [1.165, 1.54) is 42.0 Å². The van der Waals surface area contributed by atoms with Gasteiger partial charge in [-0.3, -0.25) is 4.98 Å². The molecule has 0 radical (unpaired) electrons. The van der Waals surface area contributed by atoms with E-state index in [1.807, 2.05) is 12.4 Å². The van der Waals surface area contributed by atoms with Crippen LogP contribution in [0.25, 0.3) is 10.8 Å². The smallest absolute Gasteiger partial charge is 0.0346 e. The zero-order valence-electron chi connectivity index (χ0n) is 12.5. The standard InChI is InChI=1S/C18H24N2/c1-18(2)9-4-3-5-17(18)20-12-14-6-7-16-13-19-10-8-15(16)11-14/h6-8,10-11,13,17,20H,3-5,9,12H2,1-2H3. The number of hydrogen-bond acceptors (Lipinski definition) is 2. The summed E-state index contributed by atoms with van der Waals surface area (Å²) >= 11 is 0. The average Bonchev–Trinajstić information content (AvgIpc) is 2.45. The number of hydrogen-bond donors (Lipinski definition) is 1. The Morgan fingerprint density at radius 3 is 2.95 bits per heavy atom. The molecule has 2 heteroatoms. The van der Waals surface area contributed by atoms with E-state index in [0.29, 0.717) is 11.5 Å². The van der Waals surface area contributed by atoms with E-state index in [0.717, 1.165) is 6.54 Å². The summed E-state index contributed by atoms with van der Waals surface area (Å²) in [7, 11) is 0. The van der Waals surface area contributed by atoms with Crippen molar-refractivity contribution < 1.29 is 0 Å². The van der Waals surface area contributed by atoms with Gasteiger partial charge in [-0.2, -0.15) is 0 Å². The molecule has 0 saturated heterocycles. The lowest BCUT2D eigenvalue weighted by Gasteiger charge is -2.39. The Labute approximate surface area is 121 Å². The first-order valence-corrected chi connectivity index (χ1v) is 7.71. The summed E-state index contributed by atoms with van der Waals surface area (Å²) in [5.41, 5.74) is 1.80. The zero-order valence-corrected chi connectivity index (χ0v) is 12.5. The van der Waals surface area contributed by atoms with Crippen LogP contribution in [0.4, 0.5) is 0 Å². The summed E-state index contributed by atoms with van der Waals surface area (Å²) in [6, 6.07) is 9.39. The van der Waals surface area contributed by atoms with Gasteiger partial charge in [0, 0.05) is 30.4 Å². The summed E-state index contributed by atoms with van der Waals surface area (Å²) in [5.74, 6) is 0. The Bertz CT molecular complexity index is 589. The van der Waals surface area contributed by atoms with E-state index in [-0.39, 0.29) is 0 Å². The van der Waals surface area contributed by atoms with Crippen LogP contribution in [0, 0.1) is 5.41 Å². The molecule has 1 aliphatic carbocycles. The molecule has 0 bridgehead atoms. The second-order valence-electron chi connectivity index (χ2n) is 6.73. The van der Waals surface area contributed by atoms with Crippen molar-refractivity contribution in [2.24, 2.45) is 5.41 Å². The molecule has 1 unspecified atom stereocenters. The van der Waals surface area contributed by atoms with Crippen molar-refractivity contribution in [1.82, 2.24) is 10.3 Å². The molecule has 1 aliphatic rings. The minimum absolute atomic E-state index is 0.430. The van der Waals surface area contributed by atoms with Gasteiger partial charge in [0.05, 0.1) is 0 Å². The summed E-state index contributed by atoms with van der Waals surface area (Å²) in [4.78, 5) is 4.17. The lowest BCUT2D eigenvalue weighted by atomic mass is 9.73. The first kappa shape index (κ1) is 13.6. The van der Waals surface area contributed by atoms with Crippen LogP contribution >= 0.6 is 0 Å². The lowest BCUT2D eigenvalue weighted by Crippen LogP contribution is -2.43. The van der Waals surface area contributed by atoms with Gasteiger partial charge >= 0.3 is 0 Å². The number of benzene rings is 1. The van der Waals surface area contributed by atoms with Gasteiger partial charge in [-0.15, -0.1) is 0 Å². The normalized spacial score (nSPS) is 22.0. The molecule has 1 heterocycles. The largest absolute Gasteiger partial charge is 0.309 e. The SMILES string of the molecule is CC1(C)CCCCC1NCc1ccc2cnccc2c1. The molecule has 1 aromatic heterocycles. The van der Waals surface area contributed by atoms with E-state index in [1.54, 1.807) is 0 Å². The molecular formula is C18H24N2. The maximum absolute atomic E-state index is 4.17. The van der Waals surface area contributed by atoms with Crippen molar-refractivity contribution in [3.8, 4) is 0 Å².